The van der Waals surface area contributed by atoms with Gasteiger partial charge in [-0.15, -0.1) is 0 Å². The van der Waals surface area contributed by atoms with Crippen molar-refractivity contribution in [3.63, 3.8) is 0 Å². The molecule has 0 fully saturated rings. The molecule has 4 unspecified atom stereocenters. The van der Waals surface area contributed by atoms with Gasteiger partial charge in [-0.2, -0.15) is 0 Å². The summed E-state index contributed by atoms with van der Waals surface area (Å²) in [6.07, 6.45) is -0.504. The maximum atomic E-state index is 13.9. The smallest absolute Gasteiger partial charge is 0.324 e. The van der Waals surface area contributed by atoms with Crippen LogP contribution < -0.4 is 16.8 Å². The number of amides is 2. The van der Waals surface area contributed by atoms with Crippen molar-refractivity contribution in [1.29, 1.82) is 0 Å². The highest BCUT2D eigenvalue weighted by Gasteiger charge is 2.32. The number of aliphatic hydroxyl groups excluding tert-OH is 1. The number of nitrogens with zero attached hydrogens (tertiary/aromatic N) is 2. The lowest BCUT2D eigenvalue weighted by Gasteiger charge is -2.30. The fourth-order valence-corrected chi connectivity index (χ4v) is 4.53. The summed E-state index contributed by atoms with van der Waals surface area (Å²) in [5.41, 5.74) is 11.7. The number of para-hydroxylation sites is 2. The molecule has 3 aromatic rings. The topological polar surface area (TPSA) is 208 Å². The number of nitrogens with two attached hydrogens (primary N) is 2. The van der Waals surface area contributed by atoms with Crippen LogP contribution in [-0.2, 0) is 25.5 Å². The van der Waals surface area contributed by atoms with Crippen molar-refractivity contribution in [1.82, 2.24) is 15.3 Å². The highest BCUT2D eigenvalue weighted by Crippen LogP contribution is 2.25. The highest BCUT2D eigenvalue weighted by atomic mass is 19.1. The van der Waals surface area contributed by atoms with Gasteiger partial charge in [0.15, 0.2) is 0 Å². The number of carboxylic acid groups (broad SMARTS) is 1. The van der Waals surface area contributed by atoms with Crippen LogP contribution in [0.25, 0.3) is 11.0 Å². The number of carbonyl (C=O) groups excluding carboxylic acids is 3. The summed E-state index contributed by atoms with van der Waals surface area (Å²) < 4.78 is 19.3. The van der Waals surface area contributed by atoms with E-state index < -0.39 is 65.7 Å². The Balaban J connectivity index is 1.74. The van der Waals surface area contributed by atoms with Crippen molar-refractivity contribution in [2.75, 3.05) is 0 Å². The maximum Gasteiger partial charge on any atom is 0.324 e. The minimum atomic E-state index is -1.36. The van der Waals surface area contributed by atoms with Crippen LogP contribution in [-0.4, -0.2) is 67.7 Å². The predicted molar refractivity (Wildman–Crippen MR) is 154 cm³/mol. The Hall–Kier alpha value is -4.49. The minimum Gasteiger partial charge on any atom is -0.481 e. The second-order valence-electron chi connectivity index (χ2n) is 11.0. The molecule has 0 saturated heterocycles. The first-order chi connectivity index (χ1) is 20.2. The molecule has 7 N–H and O–H groups in total. The van der Waals surface area contributed by atoms with Crippen molar-refractivity contribution < 1.29 is 38.5 Å². The first-order valence-electron chi connectivity index (χ1n) is 13.7. The molecule has 0 saturated carbocycles. The Morgan fingerprint density at radius 1 is 1.09 bits per heavy atom. The highest BCUT2D eigenvalue weighted by molar-refractivity contribution is 5.94. The van der Waals surface area contributed by atoms with Crippen LogP contribution in [0.15, 0.2) is 54.7 Å². The molecule has 13 heteroatoms. The van der Waals surface area contributed by atoms with E-state index in [0.29, 0.717) is 16.6 Å². The standard InChI is InChI=1S/C30H36FN5O7/c1-30(2,43-29(42)20(32)15-26(38)39)11-10-18(27(33)40)14-25(37)23(13-17-6-5-7-19(31)12-17)36-28(41)24-16-34-21-8-3-4-9-22(21)35-24/h3-9,12,16,18,20,23,25,37H,10-11,13-15,32H2,1-2H3,(H2,33,40)(H,36,41)(H,38,39). The van der Waals surface area contributed by atoms with Crippen LogP contribution in [0, 0.1) is 11.7 Å². The quantitative estimate of drug-likeness (QED) is 0.161. The van der Waals surface area contributed by atoms with Gasteiger partial charge >= 0.3 is 11.9 Å². The fraction of sp³-hybridized carbons (Fsp3) is 0.400. The van der Waals surface area contributed by atoms with E-state index >= 15 is 0 Å². The van der Waals surface area contributed by atoms with E-state index in [-0.39, 0.29) is 31.4 Å². The number of carbonyl (C=O) groups is 4. The van der Waals surface area contributed by atoms with Gasteiger partial charge in [0.1, 0.15) is 23.2 Å². The first-order valence-corrected chi connectivity index (χ1v) is 13.7. The second-order valence-corrected chi connectivity index (χ2v) is 11.0. The average molecular weight is 598 g/mol. The lowest BCUT2D eigenvalue weighted by Crippen LogP contribution is -2.47. The second kappa shape index (κ2) is 14.6. The zero-order valence-corrected chi connectivity index (χ0v) is 23.9. The Labute approximate surface area is 247 Å². The Morgan fingerprint density at radius 3 is 2.44 bits per heavy atom. The number of ether oxygens (including phenoxy) is 1. The summed E-state index contributed by atoms with van der Waals surface area (Å²) in [7, 11) is 0. The number of aromatic nitrogens is 2. The molecule has 2 amide bonds. The third-order valence-electron chi connectivity index (χ3n) is 6.90. The number of benzene rings is 2. The predicted octanol–water partition coefficient (Wildman–Crippen LogP) is 1.87. The minimum absolute atomic E-state index is 0.00580. The van der Waals surface area contributed by atoms with Gasteiger partial charge in [0.05, 0.1) is 35.8 Å². The SMILES string of the molecule is CC(C)(CCC(CC(O)C(Cc1cccc(F)c1)NC(=O)c1cnc2ccccc2n1)C(N)=O)OC(=O)C(N)CC(=O)O. The van der Waals surface area contributed by atoms with Gasteiger partial charge in [0, 0.05) is 5.92 Å². The van der Waals surface area contributed by atoms with E-state index in [1.807, 2.05) is 0 Å². The third kappa shape index (κ3) is 10.1. The number of aliphatic carboxylic acids is 1. The van der Waals surface area contributed by atoms with Crippen molar-refractivity contribution >= 4 is 34.8 Å². The molecule has 1 aromatic heterocycles. The number of rotatable bonds is 15. The molecule has 2 aromatic carbocycles. The van der Waals surface area contributed by atoms with E-state index in [4.69, 9.17) is 21.3 Å². The molecule has 0 spiro atoms. The molecule has 43 heavy (non-hydrogen) atoms. The maximum absolute atomic E-state index is 13.9. The summed E-state index contributed by atoms with van der Waals surface area (Å²) >= 11 is 0. The molecular formula is C30H36FN5O7. The van der Waals surface area contributed by atoms with Gasteiger partial charge in [0.2, 0.25) is 5.91 Å². The number of primary amides is 1. The number of aliphatic hydroxyl groups is 1. The Bertz CT molecular complexity index is 1470. The van der Waals surface area contributed by atoms with Crippen LogP contribution in [0.4, 0.5) is 4.39 Å². The normalized spacial score (nSPS) is 14.3. The molecule has 12 nitrogen and oxygen atoms in total. The zero-order valence-electron chi connectivity index (χ0n) is 23.9. The first kappa shape index (κ1) is 33.0. The third-order valence-corrected chi connectivity index (χ3v) is 6.90. The molecule has 0 bridgehead atoms. The number of fused-ring (bicyclic) bond motifs is 1. The largest absolute Gasteiger partial charge is 0.481 e. The molecule has 0 aliphatic rings. The number of carboxylic acids is 1. The van der Waals surface area contributed by atoms with E-state index in [2.05, 4.69) is 15.3 Å². The van der Waals surface area contributed by atoms with E-state index in [0.717, 1.165) is 0 Å². The fourth-order valence-electron chi connectivity index (χ4n) is 4.53. The summed E-state index contributed by atoms with van der Waals surface area (Å²) in [4.78, 5) is 57.2. The van der Waals surface area contributed by atoms with Crippen molar-refractivity contribution in [3.8, 4) is 0 Å². The molecule has 0 radical (unpaired) electrons. The summed E-state index contributed by atoms with van der Waals surface area (Å²) in [5.74, 6) is -4.89. The van der Waals surface area contributed by atoms with Crippen molar-refractivity contribution in [3.05, 3.63) is 71.8 Å². The summed E-state index contributed by atoms with van der Waals surface area (Å²) in [5, 5.41) is 22.8. The molecule has 230 valence electrons. The molecule has 0 aliphatic heterocycles. The van der Waals surface area contributed by atoms with Crippen LogP contribution in [0.2, 0.25) is 0 Å². The monoisotopic (exact) mass is 597 g/mol. The molecule has 3 rings (SSSR count). The summed E-state index contributed by atoms with van der Waals surface area (Å²) in [6, 6.07) is 10.4. The lowest BCUT2D eigenvalue weighted by molar-refractivity contribution is -0.161. The number of halogens is 1. The van der Waals surface area contributed by atoms with Gasteiger partial charge in [0.25, 0.3) is 5.91 Å². The Kier molecular flexibility index (Phi) is 11.2. The van der Waals surface area contributed by atoms with Crippen LogP contribution >= 0.6 is 0 Å². The molecular weight excluding hydrogens is 561 g/mol. The van der Waals surface area contributed by atoms with E-state index in [9.17, 15) is 28.7 Å². The van der Waals surface area contributed by atoms with Gasteiger partial charge in [-0.25, -0.2) is 9.37 Å². The molecule has 0 aliphatic carbocycles. The van der Waals surface area contributed by atoms with Crippen LogP contribution in [0.5, 0.6) is 0 Å². The molecule has 4 atom stereocenters. The Morgan fingerprint density at radius 2 is 1.79 bits per heavy atom. The average Bonchev–Trinajstić information content (AvgIpc) is 2.93. The van der Waals surface area contributed by atoms with Gasteiger partial charge < -0.3 is 31.7 Å². The van der Waals surface area contributed by atoms with Crippen molar-refractivity contribution in [2.24, 2.45) is 17.4 Å². The van der Waals surface area contributed by atoms with Crippen molar-refractivity contribution in [2.45, 2.75) is 69.7 Å². The zero-order chi connectivity index (χ0) is 31.7. The van der Waals surface area contributed by atoms with Crippen LogP contribution in [0.3, 0.4) is 0 Å². The number of hydrogen-bond acceptors (Lipinski definition) is 9. The van der Waals surface area contributed by atoms with Crippen LogP contribution in [0.1, 0.15) is 55.6 Å². The van der Waals surface area contributed by atoms with E-state index in [1.165, 1.54) is 24.4 Å². The van der Waals surface area contributed by atoms with Gasteiger partial charge in [-0.3, -0.25) is 24.2 Å². The van der Waals surface area contributed by atoms with Gasteiger partial charge in [-0.05, 0) is 69.4 Å². The lowest BCUT2D eigenvalue weighted by atomic mass is 9.87. The number of esters is 1. The summed E-state index contributed by atoms with van der Waals surface area (Å²) in [6.45, 7) is 3.15. The number of hydrogen-bond donors (Lipinski definition) is 5. The number of nitrogens with one attached hydrogen (secondary N) is 1. The van der Waals surface area contributed by atoms with E-state index in [1.54, 1.807) is 44.2 Å². The van der Waals surface area contributed by atoms with Gasteiger partial charge in [-0.1, -0.05) is 24.3 Å². The molecule has 1 heterocycles.